The van der Waals surface area contributed by atoms with Crippen molar-refractivity contribution in [3.8, 4) is 0 Å². The molecule has 0 unspecified atom stereocenters. The van der Waals surface area contributed by atoms with E-state index in [2.05, 4.69) is 6.92 Å². The first kappa shape index (κ1) is 22.5. The van der Waals surface area contributed by atoms with Crippen LogP contribution in [0.2, 0.25) is 0 Å². The van der Waals surface area contributed by atoms with Crippen LogP contribution >= 0.6 is 12.4 Å². The number of nitrogens with two attached hydrogens (primary N) is 1. The first-order valence-electron chi connectivity index (χ1n) is 4.62. The van der Waals surface area contributed by atoms with E-state index < -0.39 is 0 Å². The highest BCUT2D eigenvalue weighted by molar-refractivity contribution is 5.85. The van der Waals surface area contributed by atoms with Crippen molar-refractivity contribution in [3.05, 3.63) is 0 Å². The van der Waals surface area contributed by atoms with Gasteiger partial charge in [0.15, 0.2) is 0 Å². The van der Waals surface area contributed by atoms with E-state index >= 15 is 0 Å². The fraction of sp³-hybridized carbons (Fsp3) is 1.00. The Morgan fingerprint density at radius 1 is 0.909 bits per heavy atom. The summed E-state index contributed by atoms with van der Waals surface area (Å²) in [6.07, 6.45) is 3.75. The number of halogens is 1. The maximum atomic E-state index is 5.21. The minimum absolute atomic E-state index is 0. The molecule has 0 rings (SSSR count). The monoisotopic (exact) mass is 183 g/mol. The molecule has 0 heterocycles. The first-order valence-corrected chi connectivity index (χ1v) is 4.62. The van der Waals surface area contributed by atoms with Crippen molar-refractivity contribution in [3.63, 3.8) is 0 Å². The van der Waals surface area contributed by atoms with Gasteiger partial charge in [-0.15, -0.1) is 12.4 Å². The SMILES string of the molecule is CC.CC.CCCCCN.Cl. The molecule has 0 bridgehead atoms. The summed E-state index contributed by atoms with van der Waals surface area (Å²) < 4.78 is 0. The van der Waals surface area contributed by atoms with Crippen molar-refractivity contribution < 1.29 is 0 Å². The molecule has 0 radical (unpaired) electrons. The lowest BCUT2D eigenvalue weighted by molar-refractivity contribution is 0.727. The molecular formula is C9H26ClN. The summed E-state index contributed by atoms with van der Waals surface area (Å²) in [6, 6.07) is 0. The highest BCUT2D eigenvalue weighted by atomic mass is 35.5. The van der Waals surface area contributed by atoms with Gasteiger partial charge in [-0.05, 0) is 13.0 Å². The van der Waals surface area contributed by atoms with E-state index in [0.29, 0.717) is 0 Å². The molecule has 0 saturated carbocycles. The summed E-state index contributed by atoms with van der Waals surface area (Å²) in [6.45, 7) is 11.0. The Morgan fingerprint density at radius 2 is 1.27 bits per heavy atom. The molecule has 0 atom stereocenters. The van der Waals surface area contributed by atoms with Gasteiger partial charge in [-0.3, -0.25) is 0 Å². The third kappa shape index (κ3) is 66.0. The second kappa shape index (κ2) is 48.6. The van der Waals surface area contributed by atoms with Gasteiger partial charge in [0.1, 0.15) is 0 Å². The Balaban J connectivity index is -0.0000000428. The molecule has 1 nitrogen and oxygen atoms in total. The van der Waals surface area contributed by atoms with Gasteiger partial charge in [0, 0.05) is 0 Å². The molecule has 11 heavy (non-hydrogen) atoms. The molecule has 0 aliphatic heterocycles. The van der Waals surface area contributed by atoms with Crippen LogP contribution in [-0.4, -0.2) is 6.54 Å². The molecule has 0 amide bonds. The average Bonchev–Trinajstić information content (AvgIpc) is 2.08. The van der Waals surface area contributed by atoms with Crippen LogP contribution in [0.5, 0.6) is 0 Å². The minimum atomic E-state index is 0. The van der Waals surface area contributed by atoms with Gasteiger partial charge in [0.2, 0.25) is 0 Å². The smallest absolute Gasteiger partial charge is 0.00773 e. The van der Waals surface area contributed by atoms with Crippen molar-refractivity contribution in [2.24, 2.45) is 5.73 Å². The second-order valence-corrected chi connectivity index (χ2v) is 1.50. The summed E-state index contributed by atoms with van der Waals surface area (Å²) in [7, 11) is 0. The van der Waals surface area contributed by atoms with E-state index in [4.69, 9.17) is 5.73 Å². The van der Waals surface area contributed by atoms with Crippen molar-refractivity contribution in [1.29, 1.82) is 0 Å². The molecule has 0 aliphatic rings. The predicted molar refractivity (Wildman–Crippen MR) is 58.5 cm³/mol. The van der Waals surface area contributed by atoms with E-state index in [9.17, 15) is 0 Å². The van der Waals surface area contributed by atoms with Crippen LogP contribution in [0.25, 0.3) is 0 Å². The van der Waals surface area contributed by atoms with Gasteiger partial charge in [0.25, 0.3) is 0 Å². The van der Waals surface area contributed by atoms with Gasteiger partial charge in [-0.1, -0.05) is 47.5 Å². The van der Waals surface area contributed by atoms with Crippen LogP contribution in [0.1, 0.15) is 53.9 Å². The van der Waals surface area contributed by atoms with E-state index in [1.807, 2.05) is 27.7 Å². The van der Waals surface area contributed by atoms with Gasteiger partial charge >= 0.3 is 0 Å². The lowest BCUT2D eigenvalue weighted by Gasteiger charge is -1.86. The molecule has 74 valence electrons. The molecular weight excluding hydrogens is 158 g/mol. The van der Waals surface area contributed by atoms with Crippen molar-refractivity contribution in [2.45, 2.75) is 53.9 Å². The first-order chi connectivity index (χ1) is 4.91. The third-order valence-corrected chi connectivity index (χ3v) is 0.808. The van der Waals surface area contributed by atoms with Gasteiger partial charge in [-0.2, -0.15) is 0 Å². The van der Waals surface area contributed by atoms with E-state index in [1.165, 1.54) is 19.3 Å². The highest BCUT2D eigenvalue weighted by Gasteiger charge is 1.75. The van der Waals surface area contributed by atoms with Crippen molar-refractivity contribution in [1.82, 2.24) is 0 Å². The molecule has 2 heteroatoms. The van der Waals surface area contributed by atoms with Crippen LogP contribution in [0.15, 0.2) is 0 Å². The average molecular weight is 184 g/mol. The summed E-state index contributed by atoms with van der Waals surface area (Å²) in [5.74, 6) is 0. The standard InChI is InChI=1S/C5H13N.2C2H6.ClH/c1-2-3-4-5-6;2*1-2;/h2-6H2,1H3;2*1-2H3;1H. The Hall–Kier alpha value is 0.250. The zero-order valence-electron chi connectivity index (χ0n) is 8.81. The van der Waals surface area contributed by atoms with Gasteiger partial charge < -0.3 is 5.73 Å². The second-order valence-electron chi connectivity index (χ2n) is 1.50. The molecule has 0 spiro atoms. The molecule has 0 fully saturated rings. The van der Waals surface area contributed by atoms with Crippen LogP contribution in [-0.2, 0) is 0 Å². The Morgan fingerprint density at radius 3 is 1.36 bits per heavy atom. The maximum absolute atomic E-state index is 5.21. The highest BCUT2D eigenvalue weighted by Crippen LogP contribution is 1.88. The van der Waals surface area contributed by atoms with Crippen molar-refractivity contribution in [2.75, 3.05) is 6.54 Å². The van der Waals surface area contributed by atoms with Gasteiger partial charge in [-0.25, -0.2) is 0 Å². The number of rotatable bonds is 3. The molecule has 0 aromatic carbocycles. The number of hydrogen-bond acceptors (Lipinski definition) is 1. The summed E-state index contributed by atoms with van der Waals surface area (Å²) in [5, 5.41) is 0. The number of hydrogen-bond donors (Lipinski definition) is 1. The van der Waals surface area contributed by atoms with Crippen LogP contribution < -0.4 is 5.73 Å². The van der Waals surface area contributed by atoms with E-state index in [0.717, 1.165) is 6.54 Å². The minimum Gasteiger partial charge on any atom is -0.330 e. The fourth-order valence-electron chi connectivity index (χ4n) is 0.394. The zero-order chi connectivity index (χ0) is 8.83. The molecule has 0 aromatic heterocycles. The van der Waals surface area contributed by atoms with E-state index in [1.54, 1.807) is 0 Å². The lowest BCUT2D eigenvalue weighted by atomic mass is 10.3. The van der Waals surface area contributed by atoms with Gasteiger partial charge in [0.05, 0.1) is 0 Å². The number of unbranched alkanes of at least 4 members (excludes halogenated alkanes) is 2. The van der Waals surface area contributed by atoms with Crippen LogP contribution in [0.3, 0.4) is 0 Å². The molecule has 0 aliphatic carbocycles. The zero-order valence-corrected chi connectivity index (χ0v) is 9.63. The Kier molecular flexibility index (Phi) is 99.3. The maximum Gasteiger partial charge on any atom is -0.00773 e. The summed E-state index contributed by atoms with van der Waals surface area (Å²) >= 11 is 0. The lowest BCUT2D eigenvalue weighted by Crippen LogP contribution is -1.96. The largest absolute Gasteiger partial charge is 0.330 e. The summed E-state index contributed by atoms with van der Waals surface area (Å²) in [4.78, 5) is 0. The quantitative estimate of drug-likeness (QED) is 0.665. The topological polar surface area (TPSA) is 26.0 Å². The van der Waals surface area contributed by atoms with Crippen LogP contribution in [0.4, 0.5) is 0 Å². The predicted octanol–water partition coefficient (Wildman–Crippen LogP) is 3.61. The molecule has 0 saturated heterocycles. The Labute approximate surface area is 79.2 Å². The summed E-state index contributed by atoms with van der Waals surface area (Å²) in [5.41, 5.74) is 5.21. The normalized spacial score (nSPS) is 6.00. The third-order valence-electron chi connectivity index (χ3n) is 0.808. The Bertz CT molecular complexity index is 21.5. The molecule has 0 aromatic rings. The van der Waals surface area contributed by atoms with Crippen LogP contribution in [0, 0.1) is 0 Å². The van der Waals surface area contributed by atoms with E-state index in [-0.39, 0.29) is 12.4 Å². The van der Waals surface area contributed by atoms with Crippen molar-refractivity contribution >= 4 is 12.4 Å². The fourth-order valence-corrected chi connectivity index (χ4v) is 0.394. The molecule has 2 N–H and O–H groups in total.